The maximum absolute atomic E-state index is 12.9. The molecule has 2 aromatic carbocycles. The lowest BCUT2D eigenvalue weighted by atomic mass is 10.1. The van der Waals surface area contributed by atoms with Crippen molar-refractivity contribution < 1.29 is 18.8 Å². The van der Waals surface area contributed by atoms with Crippen molar-refractivity contribution in [1.82, 2.24) is 4.90 Å². The number of amides is 3. The summed E-state index contributed by atoms with van der Waals surface area (Å²) in [7, 11) is 1.54. The van der Waals surface area contributed by atoms with Gasteiger partial charge in [0.1, 0.15) is 5.82 Å². The maximum atomic E-state index is 12.9. The van der Waals surface area contributed by atoms with E-state index in [9.17, 15) is 18.8 Å². The molecule has 3 amide bonds. The van der Waals surface area contributed by atoms with E-state index in [0.717, 1.165) is 17.7 Å². The average Bonchev–Trinajstić information content (AvgIpc) is 3.10. The predicted octanol–water partition coefficient (Wildman–Crippen LogP) is 2.84. The van der Waals surface area contributed by atoms with E-state index in [1.54, 1.807) is 11.9 Å². The van der Waals surface area contributed by atoms with Crippen LogP contribution in [0.15, 0.2) is 48.5 Å². The van der Waals surface area contributed by atoms with E-state index in [1.807, 2.05) is 31.2 Å². The molecule has 1 aliphatic heterocycles. The van der Waals surface area contributed by atoms with E-state index in [1.165, 1.54) is 29.2 Å². The second-order valence-electron chi connectivity index (χ2n) is 7.14. The normalized spacial score (nSPS) is 16.0. The number of aryl methyl sites for hydroxylation is 1. The fraction of sp³-hybridized carbons (Fsp3) is 0.318. The SMILES string of the molecule is CCc1ccccc1N1C[C@H](C(=O)N(C)CC(=O)Nc2ccc(F)cc2)CC1=O. The minimum atomic E-state index is -0.490. The third-order valence-corrected chi connectivity index (χ3v) is 5.02. The van der Waals surface area contributed by atoms with Gasteiger partial charge in [-0.3, -0.25) is 14.4 Å². The number of halogens is 1. The number of carbonyl (C=O) groups is 3. The van der Waals surface area contributed by atoms with E-state index >= 15 is 0 Å². The molecule has 1 N–H and O–H groups in total. The van der Waals surface area contributed by atoms with E-state index in [2.05, 4.69) is 5.32 Å². The second-order valence-corrected chi connectivity index (χ2v) is 7.14. The van der Waals surface area contributed by atoms with Crippen LogP contribution in [0.2, 0.25) is 0 Å². The molecule has 2 aromatic rings. The molecule has 0 bridgehead atoms. The zero-order valence-corrected chi connectivity index (χ0v) is 16.5. The first-order valence-electron chi connectivity index (χ1n) is 9.57. The van der Waals surface area contributed by atoms with Crippen LogP contribution < -0.4 is 10.2 Å². The molecule has 6 nitrogen and oxygen atoms in total. The minimum absolute atomic E-state index is 0.0894. The number of carbonyl (C=O) groups excluding carboxylic acids is 3. The lowest BCUT2D eigenvalue weighted by Crippen LogP contribution is -2.39. The largest absolute Gasteiger partial charge is 0.336 e. The second kappa shape index (κ2) is 8.86. The molecule has 0 spiro atoms. The van der Waals surface area contributed by atoms with Gasteiger partial charge in [-0.15, -0.1) is 0 Å². The van der Waals surface area contributed by atoms with Gasteiger partial charge < -0.3 is 15.1 Å². The molecule has 1 fully saturated rings. The van der Waals surface area contributed by atoms with Crippen molar-refractivity contribution in [3.05, 3.63) is 59.9 Å². The molecule has 7 heteroatoms. The molecule has 3 rings (SSSR count). The van der Waals surface area contributed by atoms with Crippen molar-refractivity contribution >= 4 is 29.1 Å². The highest BCUT2D eigenvalue weighted by molar-refractivity contribution is 6.01. The van der Waals surface area contributed by atoms with Crippen LogP contribution in [0, 0.1) is 11.7 Å². The van der Waals surface area contributed by atoms with Crippen molar-refractivity contribution in [3.8, 4) is 0 Å². The first-order chi connectivity index (χ1) is 13.9. The number of nitrogens with one attached hydrogen (secondary N) is 1. The van der Waals surface area contributed by atoms with Gasteiger partial charge in [0.05, 0.1) is 12.5 Å². The quantitative estimate of drug-likeness (QED) is 0.815. The molecular formula is C22H24FN3O3. The van der Waals surface area contributed by atoms with Crippen LogP contribution in [0.1, 0.15) is 18.9 Å². The average molecular weight is 397 g/mol. The van der Waals surface area contributed by atoms with Gasteiger partial charge in [-0.1, -0.05) is 25.1 Å². The van der Waals surface area contributed by atoms with Gasteiger partial charge in [0, 0.05) is 31.4 Å². The Morgan fingerprint density at radius 3 is 2.55 bits per heavy atom. The van der Waals surface area contributed by atoms with Crippen molar-refractivity contribution in [2.75, 3.05) is 30.4 Å². The van der Waals surface area contributed by atoms with E-state index in [0.29, 0.717) is 12.2 Å². The molecule has 0 aromatic heterocycles. The Balaban J connectivity index is 1.60. The van der Waals surface area contributed by atoms with Gasteiger partial charge in [0.2, 0.25) is 17.7 Å². The Morgan fingerprint density at radius 1 is 1.17 bits per heavy atom. The van der Waals surface area contributed by atoms with Crippen molar-refractivity contribution in [2.24, 2.45) is 5.92 Å². The summed E-state index contributed by atoms with van der Waals surface area (Å²) in [5.41, 5.74) is 2.35. The van der Waals surface area contributed by atoms with Crippen molar-refractivity contribution in [2.45, 2.75) is 19.8 Å². The number of anilines is 2. The zero-order chi connectivity index (χ0) is 21.0. The number of nitrogens with zero attached hydrogens (tertiary/aromatic N) is 2. The van der Waals surface area contributed by atoms with Crippen molar-refractivity contribution in [1.29, 1.82) is 0 Å². The molecule has 0 unspecified atom stereocenters. The number of hydrogen-bond acceptors (Lipinski definition) is 3. The van der Waals surface area contributed by atoms with Crippen LogP contribution in [-0.4, -0.2) is 42.8 Å². The first-order valence-corrected chi connectivity index (χ1v) is 9.57. The standard InChI is InChI=1S/C22H24FN3O3/c1-3-15-6-4-5-7-19(15)26-13-16(12-21(26)28)22(29)25(2)14-20(27)24-18-10-8-17(23)9-11-18/h4-11,16H,3,12-14H2,1-2H3,(H,24,27)/t16-/m1/s1. The minimum Gasteiger partial charge on any atom is -0.336 e. The Bertz CT molecular complexity index is 914. The summed E-state index contributed by atoms with van der Waals surface area (Å²) in [5.74, 6) is -1.60. The summed E-state index contributed by atoms with van der Waals surface area (Å²) in [6.45, 7) is 2.18. The summed E-state index contributed by atoms with van der Waals surface area (Å²) in [6, 6.07) is 13.1. The third kappa shape index (κ3) is 4.80. The molecule has 152 valence electrons. The number of hydrogen-bond donors (Lipinski definition) is 1. The highest BCUT2D eigenvalue weighted by atomic mass is 19.1. The molecule has 0 aliphatic carbocycles. The molecule has 1 aliphatic rings. The first kappa shape index (κ1) is 20.5. The van der Waals surface area contributed by atoms with Gasteiger partial charge in [-0.05, 0) is 42.3 Å². The lowest BCUT2D eigenvalue weighted by Gasteiger charge is -2.22. The van der Waals surface area contributed by atoms with E-state index < -0.39 is 11.7 Å². The molecular weight excluding hydrogens is 373 g/mol. The molecule has 29 heavy (non-hydrogen) atoms. The maximum Gasteiger partial charge on any atom is 0.243 e. The van der Waals surface area contributed by atoms with Gasteiger partial charge in [-0.2, -0.15) is 0 Å². The zero-order valence-electron chi connectivity index (χ0n) is 16.5. The van der Waals surface area contributed by atoms with Gasteiger partial charge in [0.25, 0.3) is 0 Å². The molecule has 1 saturated heterocycles. The van der Waals surface area contributed by atoms with E-state index in [-0.39, 0.29) is 30.7 Å². The molecule has 0 saturated carbocycles. The smallest absolute Gasteiger partial charge is 0.243 e. The number of benzene rings is 2. The Kier molecular flexibility index (Phi) is 6.26. The highest BCUT2D eigenvalue weighted by Crippen LogP contribution is 2.29. The Morgan fingerprint density at radius 2 is 1.86 bits per heavy atom. The summed E-state index contributed by atoms with van der Waals surface area (Å²) < 4.78 is 12.9. The Hall–Kier alpha value is -3.22. The third-order valence-electron chi connectivity index (χ3n) is 5.02. The van der Waals surface area contributed by atoms with Crippen LogP contribution in [0.5, 0.6) is 0 Å². The van der Waals surface area contributed by atoms with Gasteiger partial charge in [0.15, 0.2) is 0 Å². The van der Waals surface area contributed by atoms with Crippen molar-refractivity contribution in [3.63, 3.8) is 0 Å². The number of rotatable bonds is 6. The fourth-order valence-electron chi connectivity index (χ4n) is 3.52. The van der Waals surface area contributed by atoms with Crippen LogP contribution in [-0.2, 0) is 20.8 Å². The monoisotopic (exact) mass is 397 g/mol. The molecule has 0 radical (unpaired) electrons. The van der Waals surface area contributed by atoms with Crippen LogP contribution >= 0.6 is 0 Å². The van der Waals surface area contributed by atoms with Crippen LogP contribution in [0.3, 0.4) is 0 Å². The summed E-state index contributed by atoms with van der Waals surface area (Å²) >= 11 is 0. The number of para-hydroxylation sites is 1. The molecule has 1 heterocycles. The van der Waals surface area contributed by atoms with Gasteiger partial charge in [-0.25, -0.2) is 4.39 Å². The highest BCUT2D eigenvalue weighted by Gasteiger charge is 2.37. The Labute approximate surface area is 169 Å². The summed E-state index contributed by atoms with van der Waals surface area (Å²) in [4.78, 5) is 40.5. The summed E-state index contributed by atoms with van der Waals surface area (Å²) in [5, 5.41) is 2.63. The fourth-order valence-corrected chi connectivity index (χ4v) is 3.52. The molecule has 1 atom stereocenters. The summed E-state index contributed by atoms with van der Waals surface area (Å²) in [6.07, 6.45) is 0.919. The predicted molar refractivity (Wildman–Crippen MR) is 109 cm³/mol. The lowest BCUT2D eigenvalue weighted by molar-refractivity contribution is -0.137. The van der Waals surface area contributed by atoms with Crippen LogP contribution in [0.4, 0.5) is 15.8 Å². The topological polar surface area (TPSA) is 69.7 Å². The van der Waals surface area contributed by atoms with Crippen LogP contribution in [0.25, 0.3) is 0 Å². The van der Waals surface area contributed by atoms with E-state index in [4.69, 9.17) is 0 Å². The van der Waals surface area contributed by atoms with Gasteiger partial charge >= 0.3 is 0 Å². The number of likely N-dealkylation sites (N-methyl/N-ethyl adjacent to an activating group) is 1.